The van der Waals surface area contributed by atoms with Gasteiger partial charge in [-0.3, -0.25) is 9.59 Å². The summed E-state index contributed by atoms with van der Waals surface area (Å²) >= 11 is 0. The quantitative estimate of drug-likeness (QED) is 0.841. The van der Waals surface area contributed by atoms with Gasteiger partial charge in [-0.25, -0.2) is 0 Å². The maximum absolute atomic E-state index is 11.9. The lowest BCUT2D eigenvalue weighted by molar-refractivity contribution is -0.136. The molecule has 0 radical (unpaired) electrons. The van der Waals surface area contributed by atoms with Crippen LogP contribution in [0.15, 0.2) is 18.2 Å². The molecule has 19 heavy (non-hydrogen) atoms. The number of ether oxygens (including phenoxy) is 1. The minimum Gasteiger partial charge on any atom is -0.487 e. The highest BCUT2D eigenvalue weighted by Crippen LogP contribution is 2.33. The van der Waals surface area contributed by atoms with Crippen molar-refractivity contribution in [1.82, 2.24) is 0 Å². The summed E-state index contributed by atoms with van der Waals surface area (Å²) in [7, 11) is 1.95. The molecule has 1 unspecified atom stereocenters. The number of carbonyl (C=O) groups is 2. The first kappa shape index (κ1) is 13.4. The summed E-state index contributed by atoms with van der Waals surface area (Å²) in [6, 6.07) is 5.23. The lowest BCUT2D eigenvalue weighted by Crippen LogP contribution is -2.35. The first-order valence-electron chi connectivity index (χ1n) is 6.24. The fourth-order valence-electron chi connectivity index (χ4n) is 2.19. The number of Topliss-reactive ketones (excluding diaryl/α,β-unsaturated/α-hetero) is 1. The van der Waals surface area contributed by atoms with Gasteiger partial charge < -0.3 is 14.7 Å². The summed E-state index contributed by atoms with van der Waals surface area (Å²) in [5.41, 5.74) is 1.41. The number of rotatable bonds is 4. The van der Waals surface area contributed by atoms with Gasteiger partial charge in [-0.2, -0.15) is 0 Å². The number of carboxylic acid groups (broad SMARTS) is 1. The van der Waals surface area contributed by atoms with E-state index in [0.717, 1.165) is 18.0 Å². The molecule has 1 atom stereocenters. The lowest BCUT2D eigenvalue weighted by atomic mass is 10.0. The van der Waals surface area contributed by atoms with Crippen LogP contribution in [0.3, 0.4) is 0 Å². The minimum atomic E-state index is -0.958. The van der Waals surface area contributed by atoms with Crippen molar-refractivity contribution in [2.45, 2.75) is 25.9 Å². The Labute approximate surface area is 111 Å². The number of fused-ring (bicyclic) bond motifs is 1. The summed E-state index contributed by atoms with van der Waals surface area (Å²) in [5, 5.41) is 8.59. The number of benzene rings is 1. The summed E-state index contributed by atoms with van der Waals surface area (Å²) in [5.74, 6) is -0.353. The van der Waals surface area contributed by atoms with Gasteiger partial charge in [0.2, 0.25) is 0 Å². The fraction of sp³-hybridized carbons (Fsp3) is 0.429. The van der Waals surface area contributed by atoms with Crippen molar-refractivity contribution in [3.63, 3.8) is 0 Å². The Morgan fingerprint density at radius 1 is 1.42 bits per heavy atom. The molecule has 2 rings (SSSR count). The smallest absolute Gasteiger partial charge is 0.303 e. The second kappa shape index (κ2) is 5.30. The molecular weight excluding hydrogens is 246 g/mol. The van der Waals surface area contributed by atoms with Crippen molar-refractivity contribution < 1.29 is 19.4 Å². The number of carboxylic acids is 1. The highest BCUT2D eigenvalue weighted by molar-refractivity contribution is 5.98. The molecule has 0 spiro atoms. The van der Waals surface area contributed by atoms with Crippen molar-refractivity contribution in [2.24, 2.45) is 0 Å². The minimum absolute atomic E-state index is 0.0229. The number of ketones is 1. The topological polar surface area (TPSA) is 66.8 Å². The molecule has 5 heteroatoms. The molecule has 1 aliphatic heterocycles. The fourth-order valence-corrected chi connectivity index (χ4v) is 2.19. The Morgan fingerprint density at radius 2 is 2.16 bits per heavy atom. The molecule has 0 amide bonds. The Morgan fingerprint density at radius 3 is 2.84 bits per heavy atom. The number of likely N-dealkylation sites (N-methyl/N-ethyl adjacent to an activating group) is 1. The largest absolute Gasteiger partial charge is 0.487 e. The van der Waals surface area contributed by atoms with E-state index in [9.17, 15) is 9.59 Å². The molecule has 0 saturated carbocycles. The van der Waals surface area contributed by atoms with Gasteiger partial charge in [-0.05, 0) is 25.1 Å². The van der Waals surface area contributed by atoms with E-state index in [1.54, 1.807) is 18.2 Å². The van der Waals surface area contributed by atoms with Crippen LogP contribution in [0.4, 0.5) is 5.69 Å². The van der Waals surface area contributed by atoms with E-state index in [1.165, 1.54) is 0 Å². The SMILES string of the molecule is CC1CN(C)c2cc(C(=O)CCC(=O)O)ccc2O1. The summed E-state index contributed by atoms with van der Waals surface area (Å²) in [4.78, 5) is 24.4. The predicted molar refractivity (Wildman–Crippen MR) is 71.0 cm³/mol. The van der Waals surface area contributed by atoms with Crippen molar-refractivity contribution in [1.29, 1.82) is 0 Å². The van der Waals surface area contributed by atoms with Gasteiger partial charge in [0.15, 0.2) is 5.78 Å². The molecule has 0 aromatic heterocycles. The Hall–Kier alpha value is -2.04. The number of hydrogen-bond acceptors (Lipinski definition) is 4. The van der Waals surface area contributed by atoms with Crippen LogP contribution in [0.1, 0.15) is 30.1 Å². The van der Waals surface area contributed by atoms with E-state index in [0.29, 0.717) is 5.56 Å². The van der Waals surface area contributed by atoms with E-state index in [4.69, 9.17) is 9.84 Å². The second-order valence-corrected chi connectivity index (χ2v) is 4.81. The molecule has 0 fully saturated rings. The number of carbonyl (C=O) groups excluding carboxylic acids is 1. The molecule has 1 aliphatic rings. The second-order valence-electron chi connectivity index (χ2n) is 4.81. The standard InChI is InChI=1S/C14H17NO4/c1-9-8-15(2)11-7-10(3-5-13(11)19-9)12(16)4-6-14(17)18/h3,5,7,9H,4,6,8H2,1-2H3,(H,17,18). The molecule has 102 valence electrons. The van der Waals surface area contributed by atoms with Crippen molar-refractivity contribution >= 4 is 17.4 Å². The summed E-state index contributed by atoms with van der Waals surface area (Å²) < 4.78 is 5.69. The number of hydrogen-bond donors (Lipinski definition) is 1. The molecule has 0 bridgehead atoms. The van der Waals surface area contributed by atoms with Crippen LogP contribution < -0.4 is 9.64 Å². The molecule has 1 aromatic carbocycles. The predicted octanol–water partition coefficient (Wildman–Crippen LogP) is 1.95. The average Bonchev–Trinajstić information content (AvgIpc) is 2.35. The molecule has 1 N–H and O–H groups in total. The van der Waals surface area contributed by atoms with Crippen LogP contribution in [-0.4, -0.2) is 36.6 Å². The van der Waals surface area contributed by atoms with E-state index < -0.39 is 5.97 Å². The van der Waals surface area contributed by atoms with E-state index in [1.807, 2.05) is 18.9 Å². The maximum atomic E-state index is 11.9. The lowest BCUT2D eigenvalue weighted by Gasteiger charge is -2.32. The van der Waals surface area contributed by atoms with Crippen molar-refractivity contribution in [3.8, 4) is 5.75 Å². The zero-order chi connectivity index (χ0) is 14.0. The third kappa shape index (κ3) is 3.05. The first-order valence-corrected chi connectivity index (χ1v) is 6.24. The van der Waals surface area contributed by atoms with Crippen LogP contribution in [0, 0.1) is 0 Å². The third-order valence-corrected chi connectivity index (χ3v) is 3.12. The van der Waals surface area contributed by atoms with Crippen LogP contribution in [-0.2, 0) is 4.79 Å². The highest BCUT2D eigenvalue weighted by atomic mass is 16.5. The summed E-state index contributed by atoms with van der Waals surface area (Å²) in [6.45, 7) is 2.76. The van der Waals surface area contributed by atoms with Gasteiger partial charge >= 0.3 is 5.97 Å². The zero-order valence-corrected chi connectivity index (χ0v) is 11.0. The average molecular weight is 263 g/mol. The molecule has 0 saturated heterocycles. The van der Waals surface area contributed by atoms with Gasteiger partial charge in [-0.15, -0.1) is 0 Å². The van der Waals surface area contributed by atoms with Gasteiger partial charge in [-0.1, -0.05) is 0 Å². The number of nitrogens with zero attached hydrogens (tertiary/aromatic N) is 1. The molecule has 1 heterocycles. The van der Waals surface area contributed by atoms with E-state index in [2.05, 4.69) is 0 Å². The zero-order valence-electron chi connectivity index (χ0n) is 11.0. The molecule has 0 aliphatic carbocycles. The summed E-state index contributed by atoms with van der Waals surface area (Å²) in [6.07, 6.45) is 0.0000431. The van der Waals surface area contributed by atoms with E-state index >= 15 is 0 Å². The van der Waals surface area contributed by atoms with Crippen LogP contribution >= 0.6 is 0 Å². The number of anilines is 1. The van der Waals surface area contributed by atoms with Gasteiger partial charge in [0.1, 0.15) is 11.9 Å². The first-order chi connectivity index (χ1) is 8.97. The van der Waals surface area contributed by atoms with Gasteiger partial charge in [0, 0.05) is 19.0 Å². The van der Waals surface area contributed by atoms with Gasteiger partial charge in [0.25, 0.3) is 0 Å². The highest BCUT2D eigenvalue weighted by Gasteiger charge is 2.21. The van der Waals surface area contributed by atoms with Crippen LogP contribution in [0.25, 0.3) is 0 Å². The number of aliphatic carboxylic acids is 1. The molecule has 5 nitrogen and oxygen atoms in total. The van der Waals surface area contributed by atoms with Crippen molar-refractivity contribution in [3.05, 3.63) is 23.8 Å². The van der Waals surface area contributed by atoms with Crippen LogP contribution in [0.5, 0.6) is 5.75 Å². The third-order valence-electron chi connectivity index (χ3n) is 3.12. The Balaban J connectivity index is 2.19. The van der Waals surface area contributed by atoms with E-state index in [-0.39, 0.29) is 24.7 Å². The monoisotopic (exact) mass is 263 g/mol. The maximum Gasteiger partial charge on any atom is 0.303 e. The Bertz CT molecular complexity index is 512. The Kier molecular flexibility index (Phi) is 3.74. The van der Waals surface area contributed by atoms with Crippen molar-refractivity contribution in [2.75, 3.05) is 18.5 Å². The van der Waals surface area contributed by atoms with Crippen LogP contribution in [0.2, 0.25) is 0 Å². The molecule has 1 aromatic rings. The van der Waals surface area contributed by atoms with Gasteiger partial charge in [0.05, 0.1) is 18.7 Å². The molecular formula is C14H17NO4. The normalized spacial score (nSPS) is 17.6.